The molecule has 50 valence electrons. The third-order valence-corrected chi connectivity index (χ3v) is 1.74. The molecule has 1 N–H and O–H groups in total. The van der Waals surface area contributed by atoms with E-state index in [4.69, 9.17) is 0 Å². The minimum Gasteiger partial charge on any atom is -0.286 e. The molecule has 2 nitrogen and oxygen atoms in total. The lowest BCUT2D eigenvalue weighted by molar-refractivity contribution is 0.638. The molecule has 9 heavy (non-hydrogen) atoms. The van der Waals surface area contributed by atoms with E-state index in [9.17, 15) is 0 Å². The number of allylic oxidation sites excluding steroid dienone is 1. The van der Waals surface area contributed by atoms with Gasteiger partial charge in [-0.1, -0.05) is 19.9 Å². The monoisotopic (exact) mass is 124 g/mol. The van der Waals surface area contributed by atoms with Gasteiger partial charge in [0.2, 0.25) is 0 Å². The largest absolute Gasteiger partial charge is 0.286 e. The Morgan fingerprint density at radius 2 is 2.22 bits per heavy atom. The third kappa shape index (κ3) is 1.12. The molecule has 0 saturated heterocycles. The maximum atomic E-state index is 4.06. The van der Waals surface area contributed by atoms with Gasteiger partial charge in [0, 0.05) is 17.3 Å². The molecule has 0 amide bonds. The van der Waals surface area contributed by atoms with Gasteiger partial charge in [0.05, 0.1) is 0 Å². The second kappa shape index (κ2) is 1.87. The van der Waals surface area contributed by atoms with Gasteiger partial charge in [0.15, 0.2) is 0 Å². The Kier molecular flexibility index (Phi) is 1.31. The molecule has 0 unspecified atom stereocenters. The fourth-order valence-corrected chi connectivity index (χ4v) is 0.644. The number of hydrogen-bond donors (Lipinski definition) is 1. The molecular weight excluding hydrogens is 112 g/mol. The van der Waals surface area contributed by atoms with E-state index in [1.165, 1.54) is 0 Å². The van der Waals surface area contributed by atoms with E-state index in [0.29, 0.717) is 0 Å². The van der Waals surface area contributed by atoms with E-state index >= 15 is 0 Å². The van der Waals surface area contributed by atoms with Gasteiger partial charge < -0.3 is 0 Å². The van der Waals surface area contributed by atoms with Crippen molar-refractivity contribution in [3.63, 3.8) is 0 Å². The van der Waals surface area contributed by atoms with Crippen molar-refractivity contribution in [3.05, 3.63) is 12.3 Å². The number of hydrazone groups is 1. The molecule has 2 heteroatoms. The summed E-state index contributed by atoms with van der Waals surface area (Å²) in [6.45, 7) is 6.31. The highest BCUT2D eigenvalue weighted by Crippen LogP contribution is 2.20. The van der Waals surface area contributed by atoms with Crippen molar-refractivity contribution in [2.75, 3.05) is 0 Å². The fourth-order valence-electron chi connectivity index (χ4n) is 0.644. The summed E-state index contributed by atoms with van der Waals surface area (Å²) in [6, 6.07) is 0. The van der Waals surface area contributed by atoms with Crippen LogP contribution < -0.4 is 5.43 Å². The van der Waals surface area contributed by atoms with E-state index in [0.717, 1.165) is 5.71 Å². The van der Waals surface area contributed by atoms with E-state index in [2.05, 4.69) is 30.5 Å². The van der Waals surface area contributed by atoms with E-state index in [1.54, 1.807) is 0 Å². The smallest absolute Gasteiger partial charge is 0.0445 e. The Bertz CT molecular complexity index is 166. The van der Waals surface area contributed by atoms with Crippen molar-refractivity contribution >= 4 is 5.71 Å². The zero-order chi connectivity index (χ0) is 6.91. The minimum absolute atomic E-state index is 0.144. The van der Waals surface area contributed by atoms with Crippen LogP contribution in [0, 0.1) is 5.41 Å². The zero-order valence-corrected chi connectivity index (χ0v) is 6.10. The highest BCUT2D eigenvalue weighted by atomic mass is 15.3. The van der Waals surface area contributed by atoms with Crippen LogP contribution in [-0.2, 0) is 0 Å². The average molecular weight is 124 g/mol. The molecule has 0 aromatic rings. The number of nitrogens with zero attached hydrogens (tertiary/aromatic N) is 1. The highest BCUT2D eigenvalue weighted by molar-refractivity contribution is 5.89. The summed E-state index contributed by atoms with van der Waals surface area (Å²) in [6.07, 6.45) is 3.97. The molecule has 0 bridgehead atoms. The molecule has 0 atom stereocenters. The molecule has 0 aromatic heterocycles. The van der Waals surface area contributed by atoms with Crippen molar-refractivity contribution in [2.45, 2.75) is 20.8 Å². The Hall–Kier alpha value is -0.790. The van der Waals surface area contributed by atoms with Crippen molar-refractivity contribution in [3.8, 4) is 0 Å². The van der Waals surface area contributed by atoms with Crippen LogP contribution in [0.25, 0.3) is 0 Å². The molecule has 0 saturated carbocycles. The number of hydrogen-bond acceptors (Lipinski definition) is 2. The normalized spacial score (nSPS) is 22.8. The van der Waals surface area contributed by atoms with Gasteiger partial charge in [0.25, 0.3) is 0 Å². The lowest BCUT2D eigenvalue weighted by atomic mass is 9.88. The lowest BCUT2D eigenvalue weighted by Crippen LogP contribution is -2.24. The topological polar surface area (TPSA) is 24.4 Å². The molecule has 0 aromatic carbocycles. The Morgan fingerprint density at radius 3 is 2.56 bits per heavy atom. The minimum atomic E-state index is 0.144. The van der Waals surface area contributed by atoms with E-state index in [-0.39, 0.29) is 5.41 Å². The lowest BCUT2D eigenvalue weighted by Gasteiger charge is -2.22. The van der Waals surface area contributed by atoms with Crippen LogP contribution in [0.3, 0.4) is 0 Å². The molecule has 1 heterocycles. The average Bonchev–Trinajstić information content (AvgIpc) is 1.77. The van der Waals surface area contributed by atoms with Crippen LogP contribution in [0.4, 0.5) is 0 Å². The summed E-state index contributed by atoms with van der Waals surface area (Å²) in [7, 11) is 0. The summed E-state index contributed by atoms with van der Waals surface area (Å²) < 4.78 is 0. The van der Waals surface area contributed by atoms with Crippen LogP contribution in [0.15, 0.2) is 17.4 Å². The third-order valence-electron chi connectivity index (χ3n) is 1.74. The second-order valence-electron chi connectivity index (χ2n) is 2.88. The molecule has 0 spiro atoms. The van der Waals surface area contributed by atoms with Gasteiger partial charge in [-0.3, -0.25) is 5.43 Å². The molecule has 1 aliphatic rings. The molecule has 1 aliphatic heterocycles. The van der Waals surface area contributed by atoms with Crippen molar-refractivity contribution in [1.29, 1.82) is 0 Å². The van der Waals surface area contributed by atoms with Crippen LogP contribution in [0.2, 0.25) is 0 Å². The standard InChI is InChI=1S/C7H12N2/c1-6-7(2,3)4-5-8-9-6/h4-5,8H,1-3H3. The molecule has 0 radical (unpaired) electrons. The predicted octanol–water partition coefficient (Wildman–Crippen LogP) is 1.51. The van der Waals surface area contributed by atoms with Crippen molar-refractivity contribution < 1.29 is 0 Å². The predicted molar refractivity (Wildman–Crippen MR) is 39.2 cm³/mol. The van der Waals surface area contributed by atoms with Gasteiger partial charge in [-0.15, -0.1) is 0 Å². The fraction of sp³-hybridized carbons (Fsp3) is 0.571. The summed E-state index contributed by atoms with van der Waals surface area (Å²) in [4.78, 5) is 0. The first kappa shape index (κ1) is 6.33. The highest BCUT2D eigenvalue weighted by Gasteiger charge is 2.19. The van der Waals surface area contributed by atoms with Crippen LogP contribution in [0.5, 0.6) is 0 Å². The van der Waals surface area contributed by atoms with E-state index < -0.39 is 0 Å². The van der Waals surface area contributed by atoms with Crippen LogP contribution in [0.1, 0.15) is 20.8 Å². The maximum absolute atomic E-state index is 4.06. The Labute approximate surface area is 55.6 Å². The summed E-state index contributed by atoms with van der Waals surface area (Å²) >= 11 is 0. The van der Waals surface area contributed by atoms with Gasteiger partial charge in [-0.25, -0.2) is 0 Å². The van der Waals surface area contributed by atoms with Crippen molar-refractivity contribution in [2.24, 2.45) is 10.5 Å². The van der Waals surface area contributed by atoms with E-state index in [1.807, 2.05) is 13.1 Å². The van der Waals surface area contributed by atoms with Gasteiger partial charge in [-0.05, 0) is 6.92 Å². The van der Waals surface area contributed by atoms with Gasteiger partial charge in [-0.2, -0.15) is 5.10 Å². The van der Waals surface area contributed by atoms with Gasteiger partial charge >= 0.3 is 0 Å². The number of rotatable bonds is 0. The summed E-state index contributed by atoms with van der Waals surface area (Å²) in [5, 5.41) is 4.06. The first-order chi connectivity index (χ1) is 4.13. The Balaban J connectivity index is 2.83. The van der Waals surface area contributed by atoms with Crippen LogP contribution in [-0.4, -0.2) is 5.71 Å². The first-order valence-electron chi connectivity index (χ1n) is 3.11. The molecule has 0 aliphatic carbocycles. The molecule has 0 fully saturated rings. The molecule has 1 rings (SSSR count). The SMILES string of the molecule is CC1=NNC=CC1(C)C. The van der Waals surface area contributed by atoms with Crippen LogP contribution >= 0.6 is 0 Å². The quantitative estimate of drug-likeness (QED) is 0.520. The van der Waals surface area contributed by atoms with Crippen molar-refractivity contribution in [1.82, 2.24) is 5.43 Å². The summed E-state index contributed by atoms with van der Waals surface area (Å²) in [5.74, 6) is 0. The zero-order valence-electron chi connectivity index (χ0n) is 6.10. The number of nitrogens with one attached hydrogen (secondary N) is 1. The second-order valence-corrected chi connectivity index (χ2v) is 2.88. The van der Waals surface area contributed by atoms with Gasteiger partial charge in [0.1, 0.15) is 0 Å². The summed E-state index contributed by atoms with van der Waals surface area (Å²) in [5.41, 5.74) is 4.07. The first-order valence-corrected chi connectivity index (χ1v) is 3.11. The Morgan fingerprint density at radius 1 is 1.56 bits per heavy atom. The maximum Gasteiger partial charge on any atom is 0.0445 e. The molecular formula is C7H12N2.